The van der Waals surface area contributed by atoms with Gasteiger partial charge in [-0.15, -0.1) is 0 Å². The molecule has 7 heteroatoms. The summed E-state index contributed by atoms with van der Waals surface area (Å²) in [7, 11) is 0. The number of thioether (sulfide) groups is 1. The number of aliphatic hydroxyl groups is 1. The number of hydrogen-bond donors (Lipinski definition) is 4. The molecule has 2 aliphatic rings. The number of hydrogen-bond acceptors (Lipinski definition) is 5. The van der Waals surface area contributed by atoms with Crippen LogP contribution in [-0.4, -0.2) is 58.3 Å². The fraction of sp³-hybridized carbons (Fsp3) is 0.895. The van der Waals surface area contributed by atoms with Crippen molar-refractivity contribution in [1.29, 1.82) is 0 Å². The van der Waals surface area contributed by atoms with Gasteiger partial charge in [-0.3, -0.25) is 4.79 Å². The van der Waals surface area contributed by atoms with Crippen molar-refractivity contribution in [3.8, 4) is 0 Å². The third-order valence-electron chi connectivity index (χ3n) is 4.88. The van der Waals surface area contributed by atoms with Crippen molar-refractivity contribution in [2.45, 2.75) is 89.3 Å². The van der Waals surface area contributed by atoms with E-state index in [9.17, 15) is 9.59 Å². The topological polar surface area (TPSA) is 98.7 Å². The van der Waals surface area contributed by atoms with E-state index in [1.54, 1.807) is 0 Å². The van der Waals surface area contributed by atoms with Crippen LogP contribution in [0.15, 0.2) is 0 Å². The lowest BCUT2D eigenvalue weighted by Crippen LogP contribution is -2.41. The summed E-state index contributed by atoms with van der Waals surface area (Å²) in [6, 6.07) is 0.878. The average molecular weight is 389 g/mol. The van der Waals surface area contributed by atoms with Gasteiger partial charge in [-0.1, -0.05) is 38.5 Å². The summed E-state index contributed by atoms with van der Waals surface area (Å²) >= 11 is 1.29. The van der Waals surface area contributed by atoms with Crippen LogP contribution in [0.25, 0.3) is 0 Å². The van der Waals surface area contributed by atoms with Gasteiger partial charge in [-0.05, 0) is 25.7 Å². The Morgan fingerprint density at radius 3 is 1.88 bits per heavy atom. The Morgan fingerprint density at radius 2 is 1.50 bits per heavy atom. The molecule has 2 rings (SSSR count). The number of carbonyl (C=O) groups is 2. The minimum atomic E-state index is -1.05. The van der Waals surface area contributed by atoms with Crippen LogP contribution < -0.4 is 10.6 Å². The van der Waals surface area contributed by atoms with Crippen LogP contribution in [0, 0.1) is 0 Å². The smallest absolute Gasteiger partial charge is 0.327 e. The number of aliphatic carboxylic acids is 1. The van der Waals surface area contributed by atoms with E-state index in [1.165, 1.54) is 82.9 Å². The molecular weight excluding hydrogens is 352 g/mol. The van der Waals surface area contributed by atoms with Gasteiger partial charge in [0, 0.05) is 30.5 Å². The van der Waals surface area contributed by atoms with Gasteiger partial charge in [0.15, 0.2) is 0 Å². The second-order valence-corrected chi connectivity index (χ2v) is 8.38. The Balaban J connectivity index is 0.000000260. The molecule has 0 aromatic carbocycles. The molecule has 1 amide bonds. The molecule has 0 aromatic heterocycles. The van der Waals surface area contributed by atoms with Crippen LogP contribution >= 0.6 is 11.8 Å². The SMILES string of the molecule is C1CCC(NC2CCCCC2)CC1.CC(=O)N[C@@H](CSCCO)C(=O)O. The highest BCUT2D eigenvalue weighted by Crippen LogP contribution is 2.22. The van der Waals surface area contributed by atoms with E-state index < -0.39 is 12.0 Å². The minimum Gasteiger partial charge on any atom is -0.480 e. The van der Waals surface area contributed by atoms with Gasteiger partial charge in [0.05, 0.1) is 6.61 Å². The third-order valence-corrected chi connectivity index (χ3v) is 5.92. The molecule has 152 valence electrons. The summed E-state index contributed by atoms with van der Waals surface area (Å²) in [5.41, 5.74) is 0. The maximum Gasteiger partial charge on any atom is 0.327 e. The van der Waals surface area contributed by atoms with E-state index in [0.29, 0.717) is 5.75 Å². The lowest BCUT2D eigenvalue weighted by molar-refractivity contribution is -0.140. The van der Waals surface area contributed by atoms with Crippen molar-refractivity contribution in [3.05, 3.63) is 0 Å². The summed E-state index contributed by atoms with van der Waals surface area (Å²) in [6.45, 7) is 1.28. The number of nitrogens with one attached hydrogen (secondary N) is 2. The molecule has 2 aliphatic carbocycles. The monoisotopic (exact) mass is 388 g/mol. The quantitative estimate of drug-likeness (QED) is 0.477. The predicted octanol–water partition coefficient (Wildman–Crippen LogP) is 2.54. The molecule has 0 aliphatic heterocycles. The number of carbonyl (C=O) groups excluding carboxylic acids is 1. The third kappa shape index (κ3) is 11.0. The molecular formula is C19H36N2O4S. The number of amides is 1. The van der Waals surface area contributed by atoms with E-state index in [-0.39, 0.29) is 18.3 Å². The molecule has 0 aromatic rings. The van der Waals surface area contributed by atoms with Crippen molar-refractivity contribution in [2.24, 2.45) is 0 Å². The Hall–Kier alpha value is -0.790. The Bertz CT molecular complexity index is 381. The van der Waals surface area contributed by atoms with Gasteiger partial charge in [0.1, 0.15) is 6.04 Å². The summed E-state index contributed by atoms with van der Waals surface area (Å²) in [6.07, 6.45) is 14.6. The van der Waals surface area contributed by atoms with Crippen LogP contribution in [0.4, 0.5) is 0 Å². The zero-order chi connectivity index (χ0) is 19.2. The Labute approximate surface area is 161 Å². The van der Waals surface area contributed by atoms with Crippen molar-refractivity contribution < 1.29 is 19.8 Å². The molecule has 4 N–H and O–H groups in total. The fourth-order valence-electron chi connectivity index (χ4n) is 3.56. The van der Waals surface area contributed by atoms with Crippen LogP contribution in [0.2, 0.25) is 0 Å². The standard InChI is InChI=1S/C12H23N.C7H13NO4S/c1-3-7-11(8-4-1)13-12-9-5-2-6-10-12;1-5(10)8-6(7(11)12)4-13-3-2-9/h11-13H,1-10H2;6,9H,2-4H2,1H3,(H,8,10)(H,11,12)/t;6-/m.0/s1. The van der Waals surface area contributed by atoms with Crippen molar-refractivity contribution in [3.63, 3.8) is 0 Å². The summed E-state index contributed by atoms with van der Waals surface area (Å²) in [5, 5.41) is 23.2. The molecule has 0 heterocycles. The summed E-state index contributed by atoms with van der Waals surface area (Å²) in [4.78, 5) is 21.1. The maximum atomic E-state index is 10.6. The highest BCUT2D eigenvalue weighted by molar-refractivity contribution is 7.99. The van der Waals surface area contributed by atoms with Gasteiger partial charge < -0.3 is 20.8 Å². The molecule has 6 nitrogen and oxygen atoms in total. The molecule has 2 saturated carbocycles. The first-order valence-electron chi connectivity index (χ1n) is 9.97. The van der Waals surface area contributed by atoms with Crippen molar-refractivity contribution in [1.82, 2.24) is 10.6 Å². The minimum absolute atomic E-state index is 0.0110. The molecule has 0 radical (unpaired) electrons. The van der Waals surface area contributed by atoms with Crippen LogP contribution in [0.1, 0.15) is 71.1 Å². The summed E-state index contributed by atoms with van der Waals surface area (Å²) < 4.78 is 0. The van der Waals surface area contributed by atoms with Crippen molar-refractivity contribution >= 4 is 23.6 Å². The van der Waals surface area contributed by atoms with Crippen molar-refractivity contribution in [2.75, 3.05) is 18.1 Å². The zero-order valence-electron chi connectivity index (χ0n) is 16.0. The number of carboxylic acid groups (broad SMARTS) is 1. The molecule has 2 fully saturated rings. The highest BCUT2D eigenvalue weighted by Gasteiger charge is 2.19. The van der Waals surface area contributed by atoms with Crippen LogP contribution in [-0.2, 0) is 9.59 Å². The highest BCUT2D eigenvalue weighted by atomic mass is 32.2. The normalized spacial score (nSPS) is 19.9. The largest absolute Gasteiger partial charge is 0.480 e. The molecule has 0 spiro atoms. The van der Waals surface area contributed by atoms with E-state index in [2.05, 4.69) is 10.6 Å². The van der Waals surface area contributed by atoms with E-state index in [0.717, 1.165) is 12.1 Å². The van der Waals surface area contributed by atoms with Crippen LogP contribution in [0.5, 0.6) is 0 Å². The van der Waals surface area contributed by atoms with Gasteiger partial charge >= 0.3 is 5.97 Å². The maximum absolute atomic E-state index is 10.6. The Morgan fingerprint density at radius 1 is 1.00 bits per heavy atom. The molecule has 0 bridgehead atoms. The first-order valence-corrected chi connectivity index (χ1v) is 11.1. The summed E-state index contributed by atoms with van der Waals surface area (Å²) in [5.74, 6) is -0.670. The molecule has 0 unspecified atom stereocenters. The van der Waals surface area contributed by atoms with E-state index >= 15 is 0 Å². The zero-order valence-corrected chi connectivity index (χ0v) is 16.9. The number of carboxylic acids is 1. The van der Waals surface area contributed by atoms with Gasteiger partial charge in [-0.25, -0.2) is 4.79 Å². The van der Waals surface area contributed by atoms with E-state index in [1.807, 2.05) is 0 Å². The van der Waals surface area contributed by atoms with Gasteiger partial charge in [0.2, 0.25) is 5.91 Å². The lowest BCUT2D eigenvalue weighted by atomic mass is 9.91. The first-order chi connectivity index (χ1) is 12.5. The fourth-order valence-corrected chi connectivity index (χ4v) is 4.32. The van der Waals surface area contributed by atoms with E-state index in [4.69, 9.17) is 10.2 Å². The number of aliphatic hydroxyl groups excluding tert-OH is 1. The van der Waals surface area contributed by atoms with Gasteiger partial charge in [-0.2, -0.15) is 11.8 Å². The van der Waals surface area contributed by atoms with Gasteiger partial charge in [0.25, 0.3) is 0 Å². The average Bonchev–Trinajstić information content (AvgIpc) is 2.63. The van der Waals surface area contributed by atoms with Crippen LogP contribution in [0.3, 0.4) is 0 Å². The molecule has 1 atom stereocenters. The predicted molar refractivity (Wildman–Crippen MR) is 107 cm³/mol. The lowest BCUT2D eigenvalue weighted by Gasteiger charge is -2.30. The first kappa shape index (κ1) is 23.2. The molecule has 0 saturated heterocycles. The second kappa shape index (κ2) is 14.3. The molecule has 26 heavy (non-hydrogen) atoms. The number of rotatable bonds is 8. The second-order valence-electron chi connectivity index (χ2n) is 7.23. The Kier molecular flexibility index (Phi) is 12.8.